The fraction of sp³-hybridized carbons (Fsp3) is 0.500. The molecule has 6 nitrogen and oxygen atoms in total. The van der Waals surface area contributed by atoms with Gasteiger partial charge in [-0.15, -0.1) is 5.10 Å². The van der Waals surface area contributed by atoms with Crippen molar-refractivity contribution in [2.24, 2.45) is 0 Å². The third-order valence-electron chi connectivity index (χ3n) is 4.25. The number of nitrogens with one attached hydrogen (secondary N) is 1. The number of hydrogen-bond acceptors (Lipinski definition) is 5. The van der Waals surface area contributed by atoms with Crippen molar-refractivity contribution in [2.75, 3.05) is 5.32 Å². The highest BCUT2D eigenvalue weighted by atomic mass is 32.2. The van der Waals surface area contributed by atoms with Gasteiger partial charge in [-0.25, -0.2) is 13.5 Å². The van der Waals surface area contributed by atoms with E-state index >= 15 is 0 Å². The molecule has 1 aromatic heterocycles. The van der Waals surface area contributed by atoms with Crippen molar-refractivity contribution in [1.29, 1.82) is 0 Å². The van der Waals surface area contributed by atoms with E-state index in [2.05, 4.69) is 20.8 Å². The lowest BCUT2D eigenvalue weighted by molar-refractivity contribution is -0.115. The van der Waals surface area contributed by atoms with Crippen LogP contribution in [0.25, 0.3) is 0 Å². The van der Waals surface area contributed by atoms with Gasteiger partial charge in [0.05, 0.1) is 11.3 Å². The van der Waals surface area contributed by atoms with E-state index in [-0.39, 0.29) is 6.04 Å². The molecule has 0 saturated heterocycles. The van der Waals surface area contributed by atoms with Gasteiger partial charge >= 0.3 is 0 Å². The summed E-state index contributed by atoms with van der Waals surface area (Å²) >= 11 is 1.18. The molecule has 1 aliphatic carbocycles. The van der Waals surface area contributed by atoms with Crippen molar-refractivity contribution in [3.05, 3.63) is 29.8 Å². The van der Waals surface area contributed by atoms with Crippen LogP contribution in [0, 0.1) is 11.6 Å². The lowest BCUT2D eigenvalue weighted by atomic mass is 9.96. The summed E-state index contributed by atoms with van der Waals surface area (Å²) in [6.45, 7) is 1.65. The fourth-order valence-corrected chi connectivity index (χ4v) is 3.73. The van der Waals surface area contributed by atoms with Gasteiger partial charge in [-0.1, -0.05) is 37.1 Å². The fourth-order valence-electron chi connectivity index (χ4n) is 2.87. The normalized spacial score (nSPS) is 16.6. The third kappa shape index (κ3) is 4.15. The van der Waals surface area contributed by atoms with Crippen LogP contribution in [0.4, 0.5) is 14.5 Å². The second-order valence-corrected chi connectivity index (χ2v) is 7.35. The molecular weight excluding hydrogens is 348 g/mol. The van der Waals surface area contributed by atoms with Gasteiger partial charge in [-0.3, -0.25) is 4.79 Å². The maximum Gasteiger partial charge on any atom is 0.237 e. The molecule has 1 saturated carbocycles. The molecule has 25 heavy (non-hydrogen) atoms. The highest BCUT2D eigenvalue weighted by molar-refractivity contribution is 8.00. The lowest BCUT2D eigenvalue weighted by Gasteiger charge is -2.22. The molecule has 1 fully saturated rings. The molecular formula is C16H19F2N5OS. The zero-order valence-corrected chi connectivity index (χ0v) is 14.6. The minimum absolute atomic E-state index is 0.241. The van der Waals surface area contributed by atoms with E-state index in [1.807, 2.05) is 0 Å². The Morgan fingerprint density at radius 1 is 1.28 bits per heavy atom. The number of thioether (sulfide) groups is 1. The molecule has 3 rings (SSSR count). The van der Waals surface area contributed by atoms with E-state index in [1.165, 1.54) is 24.2 Å². The maximum absolute atomic E-state index is 13.7. The van der Waals surface area contributed by atoms with Gasteiger partial charge < -0.3 is 5.32 Å². The average Bonchev–Trinajstić information content (AvgIpc) is 3.07. The quantitative estimate of drug-likeness (QED) is 0.818. The second-order valence-electron chi connectivity index (χ2n) is 6.04. The molecule has 0 bridgehead atoms. The maximum atomic E-state index is 13.7. The van der Waals surface area contributed by atoms with Crippen LogP contribution in [0.3, 0.4) is 0 Å². The van der Waals surface area contributed by atoms with Crippen molar-refractivity contribution >= 4 is 23.4 Å². The van der Waals surface area contributed by atoms with E-state index in [0.29, 0.717) is 5.16 Å². The average molecular weight is 367 g/mol. The number of tetrazole rings is 1. The zero-order chi connectivity index (χ0) is 17.8. The Balaban J connectivity index is 1.67. The Kier molecular flexibility index (Phi) is 5.62. The standard InChI is InChI=1S/C16H19F2N5OS/c1-10(15(24)19-14-12(17)8-5-9-13(14)18)25-16-20-21-22-23(16)11-6-3-2-4-7-11/h5,8-11H,2-4,6-7H2,1H3,(H,19,24). The van der Waals surface area contributed by atoms with Gasteiger partial charge in [0.15, 0.2) is 0 Å². The summed E-state index contributed by atoms with van der Waals surface area (Å²) in [5.74, 6) is -2.12. The number of hydrogen-bond donors (Lipinski definition) is 1. The van der Waals surface area contributed by atoms with Crippen LogP contribution in [0.2, 0.25) is 0 Å². The number of rotatable bonds is 5. The molecule has 9 heteroatoms. The number of benzene rings is 1. The smallest absolute Gasteiger partial charge is 0.237 e. The number of para-hydroxylation sites is 1. The summed E-state index contributed by atoms with van der Waals surface area (Å²) in [5, 5.41) is 14.0. The molecule has 1 N–H and O–H groups in total. The Morgan fingerprint density at radius 2 is 1.96 bits per heavy atom. The number of amides is 1. The summed E-state index contributed by atoms with van der Waals surface area (Å²) in [4.78, 5) is 12.3. The minimum Gasteiger partial charge on any atom is -0.320 e. The van der Waals surface area contributed by atoms with Crippen LogP contribution < -0.4 is 5.32 Å². The molecule has 1 aromatic carbocycles. The van der Waals surface area contributed by atoms with E-state index in [4.69, 9.17) is 0 Å². The number of anilines is 1. The second kappa shape index (κ2) is 7.90. The number of halogens is 2. The van der Waals surface area contributed by atoms with Crippen LogP contribution in [-0.4, -0.2) is 31.4 Å². The van der Waals surface area contributed by atoms with Gasteiger partial charge in [0.2, 0.25) is 11.1 Å². The van der Waals surface area contributed by atoms with E-state index < -0.39 is 28.5 Å². The predicted octanol–water partition coefficient (Wildman–Crippen LogP) is 3.58. The molecule has 1 unspecified atom stereocenters. The monoisotopic (exact) mass is 367 g/mol. The first-order valence-electron chi connectivity index (χ1n) is 8.25. The van der Waals surface area contributed by atoms with Gasteiger partial charge in [-0.2, -0.15) is 0 Å². The molecule has 1 amide bonds. The van der Waals surface area contributed by atoms with Crippen molar-refractivity contribution in [2.45, 2.75) is 55.5 Å². The summed E-state index contributed by atoms with van der Waals surface area (Å²) in [7, 11) is 0. The largest absolute Gasteiger partial charge is 0.320 e. The first-order valence-corrected chi connectivity index (χ1v) is 9.13. The SMILES string of the molecule is CC(Sc1nnnn1C1CCCCC1)C(=O)Nc1c(F)cccc1F. The van der Waals surface area contributed by atoms with Crippen molar-refractivity contribution < 1.29 is 13.6 Å². The molecule has 1 aliphatic rings. The Morgan fingerprint density at radius 3 is 2.64 bits per heavy atom. The zero-order valence-electron chi connectivity index (χ0n) is 13.8. The molecule has 0 spiro atoms. The molecule has 0 radical (unpaired) electrons. The predicted molar refractivity (Wildman–Crippen MR) is 90.2 cm³/mol. The summed E-state index contributed by atoms with van der Waals surface area (Å²) in [6.07, 6.45) is 5.52. The van der Waals surface area contributed by atoms with Crippen LogP contribution >= 0.6 is 11.8 Å². The van der Waals surface area contributed by atoms with Crippen molar-refractivity contribution in [3.63, 3.8) is 0 Å². The Labute approximate surface area is 148 Å². The highest BCUT2D eigenvalue weighted by Gasteiger charge is 2.24. The molecule has 2 aromatic rings. The van der Waals surface area contributed by atoms with Gasteiger partial charge in [0.1, 0.15) is 17.3 Å². The van der Waals surface area contributed by atoms with Crippen molar-refractivity contribution in [3.8, 4) is 0 Å². The van der Waals surface area contributed by atoms with E-state index in [0.717, 1.165) is 37.8 Å². The Bertz CT molecular complexity index is 728. The summed E-state index contributed by atoms with van der Waals surface area (Å²) in [6, 6.07) is 3.68. The molecule has 1 atom stereocenters. The number of carbonyl (C=O) groups excluding carboxylic acids is 1. The minimum atomic E-state index is -0.808. The molecule has 0 aliphatic heterocycles. The van der Waals surface area contributed by atoms with Crippen LogP contribution in [0.1, 0.15) is 45.1 Å². The van der Waals surface area contributed by atoms with E-state index in [1.54, 1.807) is 11.6 Å². The molecule has 1 heterocycles. The van der Waals surface area contributed by atoms with Gasteiger partial charge in [0.25, 0.3) is 0 Å². The summed E-state index contributed by atoms with van der Waals surface area (Å²) < 4.78 is 29.1. The van der Waals surface area contributed by atoms with Gasteiger partial charge in [0, 0.05) is 0 Å². The number of nitrogens with zero attached hydrogens (tertiary/aromatic N) is 4. The van der Waals surface area contributed by atoms with Crippen LogP contribution in [-0.2, 0) is 4.79 Å². The Hall–Kier alpha value is -2.03. The van der Waals surface area contributed by atoms with E-state index in [9.17, 15) is 13.6 Å². The highest BCUT2D eigenvalue weighted by Crippen LogP contribution is 2.31. The lowest BCUT2D eigenvalue weighted by Crippen LogP contribution is -2.24. The van der Waals surface area contributed by atoms with Crippen LogP contribution in [0.15, 0.2) is 23.4 Å². The van der Waals surface area contributed by atoms with Crippen molar-refractivity contribution in [1.82, 2.24) is 20.2 Å². The number of aromatic nitrogens is 4. The first-order chi connectivity index (χ1) is 12.1. The topological polar surface area (TPSA) is 72.7 Å². The molecule has 134 valence electrons. The van der Waals surface area contributed by atoms with Crippen LogP contribution in [0.5, 0.6) is 0 Å². The number of carbonyl (C=O) groups is 1. The first kappa shape index (κ1) is 17.8. The van der Waals surface area contributed by atoms with Gasteiger partial charge in [-0.05, 0) is 42.3 Å². The third-order valence-corrected chi connectivity index (χ3v) is 5.29. The summed E-state index contributed by atoms with van der Waals surface area (Å²) in [5.41, 5.74) is -0.438.